The fourth-order valence-electron chi connectivity index (χ4n) is 2.14. The van der Waals surface area contributed by atoms with Crippen molar-refractivity contribution >= 4 is 11.9 Å². The van der Waals surface area contributed by atoms with E-state index in [1.165, 1.54) is 56.8 Å². The number of likely N-dealkylation sites (N-methyl/N-ethyl adjacent to an activating group) is 1. The van der Waals surface area contributed by atoms with Crippen LogP contribution in [0, 0.1) is 0 Å². The van der Waals surface area contributed by atoms with Crippen LogP contribution in [0.2, 0.25) is 0 Å². The van der Waals surface area contributed by atoms with Crippen LogP contribution in [0.5, 0.6) is 0 Å². The van der Waals surface area contributed by atoms with Crippen LogP contribution >= 0.6 is 0 Å². The van der Waals surface area contributed by atoms with E-state index in [1.54, 1.807) is 7.05 Å². The summed E-state index contributed by atoms with van der Waals surface area (Å²) in [6, 6.07) is -0.735. The molecular formula is C16H32KNO3. The van der Waals surface area contributed by atoms with Gasteiger partial charge in [0.1, 0.15) is 6.04 Å². The molecule has 0 aromatic carbocycles. The minimum Gasteiger partial charge on any atom is -1.00 e. The van der Waals surface area contributed by atoms with E-state index in [2.05, 4.69) is 6.92 Å². The van der Waals surface area contributed by atoms with Crippen LogP contribution in [0.4, 0.5) is 0 Å². The van der Waals surface area contributed by atoms with Gasteiger partial charge in [0.25, 0.3) is 0 Å². The number of hydrogen-bond acceptors (Lipinski definition) is 2. The summed E-state index contributed by atoms with van der Waals surface area (Å²) in [4.78, 5) is 23.9. The van der Waals surface area contributed by atoms with E-state index in [1.807, 2.05) is 0 Å². The zero-order chi connectivity index (χ0) is 15.4. The largest absolute Gasteiger partial charge is 1.00 e. The van der Waals surface area contributed by atoms with E-state index in [9.17, 15) is 9.59 Å². The van der Waals surface area contributed by atoms with Gasteiger partial charge in [-0.2, -0.15) is 0 Å². The summed E-state index contributed by atoms with van der Waals surface area (Å²) in [5.74, 6) is -1.02. The molecule has 1 N–H and O–H groups in total. The second kappa shape index (κ2) is 15.5. The first-order chi connectivity index (χ1) is 9.50. The third kappa shape index (κ3) is 12.8. The smallest absolute Gasteiger partial charge is 1.00 e. The number of hydrogen-bond donors (Lipinski definition) is 1. The van der Waals surface area contributed by atoms with Crippen LogP contribution in [0.15, 0.2) is 0 Å². The molecule has 0 bridgehead atoms. The molecule has 1 amide bonds. The Balaban J connectivity index is -0.00000180. The monoisotopic (exact) mass is 325 g/mol. The SMILES string of the molecule is CCCCCCCCCCCC(=O)N(C)C(C)C(=O)O.[H-].[K+]. The molecule has 0 radical (unpaired) electrons. The molecule has 0 aromatic rings. The van der Waals surface area contributed by atoms with Crippen LogP contribution in [-0.4, -0.2) is 35.0 Å². The maximum Gasteiger partial charge on any atom is 1.00 e. The summed E-state index contributed by atoms with van der Waals surface area (Å²) in [5.41, 5.74) is 0. The number of amides is 1. The molecule has 0 spiro atoms. The molecule has 1 atom stereocenters. The molecule has 1 unspecified atom stereocenters. The molecule has 0 saturated heterocycles. The standard InChI is InChI=1S/C16H31NO3.K.H/c1-4-5-6-7-8-9-10-11-12-13-15(18)17(3)14(2)16(19)20;;/h14H,4-13H2,1-3H3,(H,19,20);;/q;+1;-1. The van der Waals surface area contributed by atoms with Crippen LogP contribution in [-0.2, 0) is 9.59 Å². The van der Waals surface area contributed by atoms with Gasteiger partial charge in [-0.1, -0.05) is 58.3 Å². The molecule has 120 valence electrons. The summed E-state index contributed by atoms with van der Waals surface area (Å²) in [7, 11) is 1.56. The van der Waals surface area contributed by atoms with Crippen molar-refractivity contribution in [2.24, 2.45) is 0 Å². The number of unbranched alkanes of at least 4 members (excludes halogenated alkanes) is 8. The van der Waals surface area contributed by atoms with Crippen molar-refractivity contribution in [1.82, 2.24) is 4.90 Å². The van der Waals surface area contributed by atoms with Gasteiger partial charge in [-0.25, -0.2) is 4.79 Å². The summed E-state index contributed by atoms with van der Waals surface area (Å²) in [6.07, 6.45) is 11.4. The van der Waals surface area contributed by atoms with Crippen LogP contribution in [0.25, 0.3) is 0 Å². The maximum absolute atomic E-state index is 11.8. The molecule has 0 heterocycles. The van der Waals surface area contributed by atoms with Gasteiger partial charge in [0.2, 0.25) is 5.91 Å². The molecule has 0 rings (SSSR count). The topological polar surface area (TPSA) is 57.6 Å². The minimum absolute atomic E-state index is 0. The van der Waals surface area contributed by atoms with Crippen molar-refractivity contribution in [3.63, 3.8) is 0 Å². The van der Waals surface area contributed by atoms with Gasteiger partial charge in [0.05, 0.1) is 0 Å². The van der Waals surface area contributed by atoms with Gasteiger partial charge < -0.3 is 11.4 Å². The number of aliphatic carboxylic acids is 1. The average molecular weight is 326 g/mol. The Morgan fingerprint density at radius 1 is 1.00 bits per heavy atom. The molecular weight excluding hydrogens is 293 g/mol. The Labute approximate surface area is 173 Å². The zero-order valence-electron chi connectivity index (χ0n) is 15.4. The van der Waals surface area contributed by atoms with Crippen LogP contribution in [0.1, 0.15) is 79.5 Å². The first-order valence-corrected chi connectivity index (χ1v) is 7.99. The van der Waals surface area contributed by atoms with Gasteiger partial charge in [-0.05, 0) is 13.3 Å². The quantitative estimate of drug-likeness (QED) is 0.429. The van der Waals surface area contributed by atoms with Gasteiger partial charge in [-0.15, -0.1) is 0 Å². The maximum atomic E-state index is 11.8. The number of carboxylic acids is 1. The molecule has 0 fully saturated rings. The molecule has 4 nitrogen and oxygen atoms in total. The van der Waals surface area contributed by atoms with Crippen LogP contribution in [0.3, 0.4) is 0 Å². The Kier molecular flexibility index (Phi) is 17.6. The van der Waals surface area contributed by atoms with Crippen molar-refractivity contribution in [3.8, 4) is 0 Å². The molecule has 5 heteroatoms. The molecule has 0 aliphatic heterocycles. The third-order valence-electron chi connectivity index (χ3n) is 3.83. The van der Waals surface area contributed by atoms with E-state index in [4.69, 9.17) is 5.11 Å². The van der Waals surface area contributed by atoms with Gasteiger partial charge >= 0.3 is 57.4 Å². The van der Waals surface area contributed by atoms with Crippen molar-refractivity contribution in [2.75, 3.05) is 7.05 Å². The predicted molar refractivity (Wildman–Crippen MR) is 82.8 cm³/mol. The molecule has 0 aliphatic rings. The Bertz CT molecular complexity index is 291. The normalized spacial score (nSPS) is 11.6. The second-order valence-corrected chi connectivity index (χ2v) is 5.60. The van der Waals surface area contributed by atoms with E-state index in [-0.39, 0.29) is 58.7 Å². The summed E-state index contributed by atoms with van der Waals surface area (Å²) >= 11 is 0. The number of rotatable bonds is 12. The molecule has 21 heavy (non-hydrogen) atoms. The summed E-state index contributed by atoms with van der Waals surface area (Å²) in [6.45, 7) is 3.76. The second-order valence-electron chi connectivity index (χ2n) is 5.60. The fourth-order valence-corrected chi connectivity index (χ4v) is 2.14. The van der Waals surface area contributed by atoms with Gasteiger partial charge in [-0.3, -0.25) is 4.79 Å². The fraction of sp³-hybridized carbons (Fsp3) is 0.875. The first-order valence-electron chi connectivity index (χ1n) is 7.99. The van der Waals surface area contributed by atoms with E-state index < -0.39 is 12.0 Å². The molecule has 0 saturated carbocycles. The number of carbonyl (C=O) groups is 2. The number of carboxylic acid groups (broad SMARTS) is 1. The van der Waals surface area contributed by atoms with Crippen LogP contribution < -0.4 is 51.4 Å². The number of nitrogens with zero attached hydrogens (tertiary/aromatic N) is 1. The number of carbonyl (C=O) groups excluding carboxylic acids is 1. The van der Waals surface area contributed by atoms with E-state index >= 15 is 0 Å². The van der Waals surface area contributed by atoms with Gasteiger partial charge in [0.15, 0.2) is 0 Å². The van der Waals surface area contributed by atoms with Gasteiger partial charge in [0, 0.05) is 13.5 Å². The summed E-state index contributed by atoms with van der Waals surface area (Å²) < 4.78 is 0. The van der Waals surface area contributed by atoms with Crippen molar-refractivity contribution < 1.29 is 67.5 Å². The molecule has 0 aromatic heterocycles. The Morgan fingerprint density at radius 3 is 1.86 bits per heavy atom. The van der Waals surface area contributed by atoms with E-state index in [0.717, 1.165) is 12.8 Å². The van der Waals surface area contributed by atoms with Crippen molar-refractivity contribution in [3.05, 3.63) is 0 Å². The zero-order valence-corrected chi connectivity index (χ0v) is 17.5. The van der Waals surface area contributed by atoms with E-state index in [0.29, 0.717) is 6.42 Å². The minimum atomic E-state index is -0.951. The summed E-state index contributed by atoms with van der Waals surface area (Å²) in [5, 5.41) is 8.84. The predicted octanol–water partition coefficient (Wildman–Crippen LogP) is 0.955. The van der Waals surface area contributed by atoms with Crippen molar-refractivity contribution in [2.45, 2.75) is 84.1 Å². The Morgan fingerprint density at radius 2 is 1.43 bits per heavy atom. The first kappa shape index (κ1) is 23.8. The third-order valence-corrected chi connectivity index (χ3v) is 3.83. The molecule has 0 aliphatic carbocycles. The average Bonchev–Trinajstić information content (AvgIpc) is 2.43. The Hall–Kier alpha value is 0.576. The van der Waals surface area contributed by atoms with Crippen molar-refractivity contribution in [1.29, 1.82) is 0 Å².